The van der Waals surface area contributed by atoms with E-state index in [1.165, 1.54) is 6.92 Å². The zero-order chi connectivity index (χ0) is 13.5. The van der Waals surface area contributed by atoms with Crippen LogP contribution in [-0.2, 0) is 4.79 Å². The number of carboxylic acid groups (broad SMARTS) is 1. The van der Waals surface area contributed by atoms with Crippen LogP contribution in [0.5, 0.6) is 0 Å². The van der Waals surface area contributed by atoms with Crippen molar-refractivity contribution in [1.29, 1.82) is 0 Å². The fraction of sp³-hybridized carbons (Fsp3) is 0.833. The van der Waals surface area contributed by atoms with E-state index in [-0.39, 0.29) is 18.0 Å². The molecule has 0 aliphatic heterocycles. The molecule has 0 heterocycles. The number of hydrogen-bond acceptors (Lipinski definition) is 2. The fourth-order valence-corrected chi connectivity index (χ4v) is 2.11. The number of hydrogen-bond donors (Lipinski definition) is 3. The molecule has 1 atom stereocenters. The summed E-state index contributed by atoms with van der Waals surface area (Å²) < 4.78 is 12.5. The Balaban J connectivity index is 2.16. The van der Waals surface area contributed by atoms with E-state index in [1.807, 2.05) is 0 Å². The molecular weight excluding hydrogens is 239 g/mol. The molecular formula is C12H21FN2O3. The third-order valence-corrected chi connectivity index (χ3v) is 3.24. The Labute approximate surface area is 106 Å². The smallest absolute Gasteiger partial charge is 0.315 e. The van der Waals surface area contributed by atoms with Gasteiger partial charge in [-0.15, -0.1) is 0 Å². The molecule has 18 heavy (non-hydrogen) atoms. The largest absolute Gasteiger partial charge is 0.481 e. The quantitative estimate of drug-likeness (QED) is 0.703. The molecule has 0 saturated heterocycles. The first-order valence-corrected chi connectivity index (χ1v) is 6.40. The lowest BCUT2D eigenvalue weighted by Gasteiger charge is -2.26. The van der Waals surface area contributed by atoms with Crippen molar-refractivity contribution in [3.63, 3.8) is 0 Å². The van der Waals surface area contributed by atoms with E-state index in [9.17, 15) is 14.0 Å². The number of urea groups is 1. The highest BCUT2D eigenvalue weighted by molar-refractivity contribution is 5.74. The van der Waals surface area contributed by atoms with Gasteiger partial charge < -0.3 is 15.7 Å². The van der Waals surface area contributed by atoms with Crippen molar-refractivity contribution in [1.82, 2.24) is 10.6 Å². The van der Waals surface area contributed by atoms with Crippen LogP contribution in [0.3, 0.4) is 0 Å². The Hall–Kier alpha value is -1.33. The standard InChI is InChI=1S/C12H21FN2O3/c1-8(13)6-7-14-12(18)15-10-4-2-9(3-5-10)11(16)17/h8-10H,2-7H2,1H3,(H,16,17)(H2,14,15,18). The highest BCUT2D eigenvalue weighted by atomic mass is 19.1. The monoisotopic (exact) mass is 260 g/mol. The lowest BCUT2D eigenvalue weighted by atomic mass is 9.86. The summed E-state index contributed by atoms with van der Waals surface area (Å²) in [4.78, 5) is 22.2. The normalized spacial score (nSPS) is 25.2. The number of amides is 2. The number of carbonyl (C=O) groups excluding carboxylic acids is 1. The van der Waals surface area contributed by atoms with Crippen LogP contribution in [0.15, 0.2) is 0 Å². The van der Waals surface area contributed by atoms with E-state index in [4.69, 9.17) is 5.11 Å². The van der Waals surface area contributed by atoms with Crippen molar-refractivity contribution in [2.75, 3.05) is 6.54 Å². The summed E-state index contributed by atoms with van der Waals surface area (Å²) in [5.41, 5.74) is 0. The Bertz CT molecular complexity index is 289. The Kier molecular flexibility index (Phi) is 5.88. The van der Waals surface area contributed by atoms with Gasteiger partial charge in [-0.3, -0.25) is 4.79 Å². The summed E-state index contributed by atoms with van der Waals surface area (Å²) in [5.74, 6) is -1.03. The van der Waals surface area contributed by atoms with Gasteiger partial charge in [0.05, 0.1) is 12.1 Å². The average molecular weight is 260 g/mol. The van der Waals surface area contributed by atoms with Crippen molar-refractivity contribution < 1.29 is 19.1 Å². The summed E-state index contributed by atoms with van der Waals surface area (Å²) >= 11 is 0. The first-order chi connectivity index (χ1) is 8.49. The van der Waals surface area contributed by atoms with E-state index in [2.05, 4.69) is 10.6 Å². The van der Waals surface area contributed by atoms with Crippen molar-refractivity contribution in [3.8, 4) is 0 Å². The number of aliphatic carboxylic acids is 1. The first kappa shape index (κ1) is 14.7. The van der Waals surface area contributed by atoms with E-state index in [0.29, 0.717) is 38.6 Å². The van der Waals surface area contributed by atoms with Gasteiger partial charge >= 0.3 is 12.0 Å². The van der Waals surface area contributed by atoms with Crippen LogP contribution >= 0.6 is 0 Å². The van der Waals surface area contributed by atoms with Gasteiger partial charge in [0.2, 0.25) is 0 Å². The van der Waals surface area contributed by atoms with Gasteiger partial charge in [-0.2, -0.15) is 0 Å². The van der Waals surface area contributed by atoms with Gasteiger partial charge in [-0.1, -0.05) is 0 Å². The summed E-state index contributed by atoms with van der Waals surface area (Å²) in [6.07, 6.45) is 1.95. The van der Waals surface area contributed by atoms with E-state index in [0.717, 1.165) is 0 Å². The maximum Gasteiger partial charge on any atom is 0.315 e. The van der Waals surface area contributed by atoms with Gasteiger partial charge in [0, 0.05) is 12.6 Å². The SMILES string of the molecule is CC(F)CCNC(=O)NC1CCC(C(=O)O)CC1. The van der Waals surface area contributed by atoms with Crippen LogP contribution in [0, 0.1) is 5.92 Å². The first-order valence-electron chi connectivity index (χ1n) is 6.40. The molecule has 1 unspecified atom stereocenters. The van der Waals surface area contributed by atoms with Crippen LogP contribution in [-0.4, -0.2) is 35.9 Å². The number of halogens is 1. The molecule has 1 aliphatic rings. The maximum atomic E-state index is 12.5. The molecule has 0 aromatic heterocycles. The Morgan fingerprint density at radius 2 is 1.94 bits per heavy atom. The molecule has 6 heteroatoms. The highest BCUT2D eigenvalue weighted by Gasteiger charge is 2.26. The number of carbonyl (C=O) groups is 2. The highest BCUT2D eigenvalue weighted by Crippen LogP contribution is 2.24. The zero-order valence-electron chi connectivity index (χ0n) is 10.6. The van der Waals surface area contributed by atoms with Crippen LogP contribution in [0.25, 0.3) is 0 Å². The van der Waals surface area contributed by atoms with Crippen LogP contribution in [0.1, 0.15) is 39.0 Å². The molecule has 5 nitrogen and oxygen atoms in total. The van der Waals surface area contributed by atoms with Crippen molar-refractivity contribution in [2.45, 2.75) is 51.2 Å². The molecule has 1 fully saturated rings. The zero-order valence-corrected chi connectivity index (χ0v) is 10.6. The minimum Gasteiger partial charge on any atom is -0.481 e. The van der Waals surface area contributed by atoms with E-state index >= 15 is 0 Å². The summed E-state index contributed by atoms with van der Waals surface area (Å²) in [5, 5.41) is 14.2. The van der Waals surface area contributed by atoms with Crippen LogP contribution in [0.4, 0.5) is 9.18 Å². The molecule has 104 valence electrons. The topological polar surface area (TPSA) is 78.4 Å². The average Bonchev–Trinajstić information content (AvgIpc) is 2.29. The Morgan fingerprint density at radius 1 is 1.33 bits per heavy atom. The molecule has 2 amide bonds. The summed E-state index contributed by atoms with van der Waals surface area (Å²) in [6, 6.07) is -0.266. The Morgan fingerprint density at radius 3 is 2.44 bits per heavy atom. The molecule has 1 aliphatic carbocycles. The lowest BCUT2D eigenvalue weighted by molar-refractivity contribution is -0.142. The molecule has 1 saturated carbocycles. The fourth-order valence-electron chi connectivity index (χ4n) is 2.11. The number of alkyl halides is 1. The minimum absolute atomic E-state index is 0.0309. The second-order valence-corrected chi connectivity index (χ2v) is 4.86. The van der Waals surface area contributed by atoms with E-state index < -0.39 is 12.1 Å². The van der Waals surface area contributed by atoms with Crippen LogP contribution < -0.4 is 10.6 Å². The van der Waals surface area contributed by atoms with Gasteiger partial charge in [0.1, 0.15) is 0 Å². The predicted molar refractivity (Wildman–Crippen MR) is 65.1 cm³/mol. The van der Waals surface area contributed by atoms with Gasteiger partial charge in [-0.25, -0.2) is 9.18 Å². The maximum absolute atomic E-state index is 12.5. The molecule has 0 spiro atoms. The van der Waals surface area contributed by atoms with Crippen LogP contribution in [0.2, 0.25) is 0 Å². The molecule has 3 N–H and O–H groups in total. The number of rotatable bonds is 5. The third kappa shape index (κ3) is 5.33. The molecule has 0 radical (unpaired) electrons. The van der Waals surface area contributed by atoms with E-state index in [1.54, 1.807) is 0 Å². The minimum atomic E-state index is -0.920. The molecule has 0 aromatic carbocycles. The summed E-state index contributed by atoms with van der Waals surface area (Å²) in [7, 11) is 0. The second-order valence-electron chi connectivity index (χ2n) is 4.86. The van der Waals surface area contributed by atoms with Crippen molar-refractivity contribution in [2.24, 2.45) is 5.92 Å². The summed E-state index contributed by atoms with van der Waals surface area (Å²) in [6.45, 7) is 1.76. The van der Waals surface area contributed by atoms with Gasteiger partial charge in [0.15, 0.2) is 0 Å². The van der Waals surface area contributed by atoms with Gasteiger partial charge in [-0.05, 0) is 39.0 Å². The number of nitrogens with one attached hydrogen (secondary N) is 2. The third-order valence-electron chi connectivity index (χ3n) is 3.24. The predicted octanol–water partition coefficient (Wildman–Crippen LogP) is 1.68. The van der Waals surface area contributed by atoms with Crippen molar-refractivity contribution in [3.05, 3.63) is 0 Å². The lowest BCUT2D eigenvalue weighted by Crippen LogP contribution is -2.44. The molecule has 1 rings (SSSR count). The van der Waals surface area contributed by atoms with Gasteiger partial charge in [0.25, 0.3) is 0 Å². The number of carboxylic acids is 1. The molecule has 0 aromatic rings. The molecule has 0 bridgehead atoms. The second kappa shape index (κ2) is 7.18. The van der Waals surface area contributed by atoms with Crippen molar-refractivity contribution >= 4 is 12.0 Å².